The summed E-state index contributed by atoms with van der Waals surface area (Å²) >= 11 is 0. The monoisotopic (exact) mass is 262 g/mol. The second-order valence-electron chi connectivity index (χ2n) is 4.24. The Bertz CT molecular complexity index is 515. The molecule has 1 rings (SSSR count). The van der Waals surface area contributed by atoms with Crippen LogP contribution in [0, 0.1) is 6.92 Å². The van der Waals surface area contributed by atoms with Crippen molar-refractivity contribution in [2.24, 2.45) is 0 Å². The number of esters is 1. The summed E-state index contributed by atoms with van der Waals surface area (Å²) in [7, 11) is 2.80. The molecule has 0 aliphatic rings. The van der Waals surface area contributed by atoms with E-state index in [1.807, 2.05) is 13.0 Å². The average Bonchev–Trinajstić information content (AvgIpc) is 2.39. The Hall–Kier alpha value is -2.10. The molecule has 0 amide bonds. The molecule has 0 aliphatic carbocycles. The number of Topliss-reactive ketones (excluding diaryl/α,β-unsaturated/α-hetero) is 1. The largest absolute Gasteiger partial charge is 0.504 e. The Labute approximate surface area is 113 Å². The first-order valence-electron chi connectivity index (χ1n) is 5.90. The van der Waals surface area contributed by atoms with Gasteiger partial charge < -0.3 is 9.47 Å². The number of hydrogen-bond donors (Lipinski definition) is 0. The van der Waals surface area contributed by atoms with Gasteiger partial charge in [-0.1, -0.05) is 12.1 Å². The number of methoxy groups -OCH3 is 2. The molecule has 0 spiro atoms. The number of ether oxygens (including phenoxy) is 2. The molecule has 0 saturated carbocycles. The van der Waals surface area contributed by atoms with E-state index in [9.17, 15) is 9.59 Å². The van der Waals surface area contributed by atoms with Crippen LogP contribution in [0.2, 0.25) is 0 Å². The van der Waals surface area contributed by atoms with Gasteiger partial charge in [0.15, 0.2) is 5.78 Å². The van der Waals surface area contributed by atoms with Crippen molar-refractivity contribution in [2.45, 2.75) is 20.3 Å². The fraction of sp³-hybridized carbons (Fsp3) is 0.333. The maximum Gasteiger partial charge on any atom is 0.337 e. The topological polar surface area (TPSA) is 52.6 Å². The van der Waals surface area contributed by atoms with Crippen LogP contribution in [-0.2, 0) is 20.7 Å². The van der Waals surface area contributed by atoms with Crippen molar-refractivity contribution < 1.29 is 19.1 Å². The Morgan fingerprint density at radius 1 is 1.26 bits per heavy atom. The van der Waals surface area contributed by atoms with E-state index < -0.39 is 5.97 Å². The highest BCUT2D eigenvalue weighted by atomic mass is 16.5. The van der Waals surface area contributed by atoms with Crippen molar-refractivity contribution in [2.75, 3.05) is 14.2 Å². The summed E-state index contributed by atoms with van der Waals surface area (Å²) in [5.41, 5.74) is 2.95. The summed E-state index contributed by atoms with van der Waals surface area (Å²) in [5, 5.41) is 0. The number of carbonyl (C=O) groups is 2. The SMILES string of the molecule is CO/C=C(\Cc1cc(C(C)=O)ccc1C)C(=O)OC. The minimum absolute atomic E-state index is 0.00316. The predicted octanol–water partition coefficient (Wildman–Crippen LogP) is 2.44. The molecule has 0 saturated heterocycles. The zero-order valence-electron chi connectivity index (χ0n) is 11.6. The maximum atomic E-state index is 11.6. The Morgan fingerprint density at radius 2 is 1.95 bits per heavy atom. The number of carbonyl (C=O) groups excluding carboxylic acids is 2. The zero-order valence-corrected chi connectivity index (χ0v) is 11.6. The van der Waals surface area contributed by atoms with Crippen molar-refractivity contribution in [1.82, 2.24) is 0 Å². The number of benzene rings is 1. The average molecular weight is 262 g/mol. The van der Waals surface area contributed by atoms with E-state index in [2.05, 4.69) is 0 Å². The van der Waals surface area contributed by atoms with Gasteiger partial charge in [0.2, 0.25) is 0 Å². The highest BCUT2D eigenvalue weighted by molar-refractivity contribution is 5.94. The Balaban J connectivity index is 3.09. The molecule has 0 unspecified atom stereocenters. The van der Waals surface area contributed by atoms with Gasteiger partial charge in [-0.3, -0.25) is 4.79 Å². The molecule has 0 aromatic heterocycles. The summed E-state index contributed by atoms with van der Waals surface area (Å²) in [4.78, 5) is 23.0. The first-order chi connectivity index (χ1) is 8.99. The standard InChI is InChI=1S/C15H18O4/c1-10-5-6-12(11(2)16)7-13(10)8-14(9-18-3)15(17)19-4/h5-7,9H,8H2,1-4H3/b14-9+. The lowest BCUT2D eigenvalue weighted by molar-refractivity contribution is -0.136. The van der Waals surface area contributed by atoms with Gasteiger partial charge >= 0.3 is 5.97 Å². The second-order valence-corrected chi connectivity index (χ2v) is 4.24. The van der Waals surface area contributed by atoms with E-state index in [4.69, 9.17) is 9.47 Å². The van der Waals surface area contributed by atoms with Gasteiger partial charge in [0, 0.05) is 12.0 Å². The fourth-order valence-electron chi connectivity index (χ4n) is 1.72. The van der Waals surface area contributed by atoms with E-state index in [1.54, 1.807) is 12.1 Å². The quantitative estimate of drug-likeness (QED) is 0.354. The molecule has 0 atom stereocenters. The summed E-state index contributed by atoms with van der Waals surface area (Å²) in [6.45, 7) is 3.45. The first-order valence-corrected chi connectivity index (χ1v) is 5.90. The van der Waals surface area contributed by atoms with E-state index in [0.29, 0.717) is 17.6 Å². The zero-order chi connectivity index (χ0) is 14.4. The lowest BCUT2D eigenvalue weighted by Gasteiger charge is -2.09. The van der Waals surface area contributed by atoms with Crippen LogP contribution in [0.25, 0.3) is 0 Å². The predicted molar refractivity (Wildman–Crippen MR) is 72.0 cm³/mol. The van der Waals surface area contributed by atoms with Gasteiger partial charge in [0.1, 0.15) is 0 Å². The highest BCUT2D eigenvalue weighted by Crippen LogP contribution is 2.17. The third-order valence-electron chi connectivity index (χ3n) is 2.84. The van der Waals surface area contributed by atoms with Gasteiger partial charge in [-0.15, -0.1) is 0 Å². The molecular weight excluding hydrogens is 244 g/mol. The van der Waals surface area contributed by atoms with Crippen LogP contribution in [0.5, 0.6) is 0 Å². The number of hydrogen-bond acceptors (Lipinski definition) is 4. The molecule has 0 bridgehead atoms. The maximum absolute atomic E-state index is 11.6. The molecule has 4 heteroatoms. The smallest absolute Gasteiger partial charge is 0.337 e. The van der Waals surface area contributed by atoms with Gasteiger partial charge in [-0.2, -0.15) is 0 Å². The normalized spacial score (nSPS) is 11.1. The molecular formula is C15H18O4. The highest BCUT2D eigenvalue weighted by Gasteiger charge is 2.13. The van der Waals surface area contributed by atoms with Crippen LogP contribution in [0.3, 0.4) is 0 Å². The van der Waals surface area contributed by atoms with Crippen molar-refractivity contribution in [3.8, 4) is 0 Å². The lowest BCUT2D eigenvalue weighted by atomic mass is 9.97. The minimum atomic E-state index is -0.436. The summed E-state index contributed by atoms with van der Waals surface area (Å²) in [6.07, 6.45) is 1.74. The molecule has 0 radical (unpaired) electrons. The molecule has 19 heavy (non-hydrogen) atoms. The van der Waals surface area contributed by atoms with E-state index in [0.717, 1.165) is 11.1 Å². The molecule has 102 valence electrons. The van der Waals surface area contributed by atoms with Crippen LogP contribution in [0.1, 0.15) is 28.4 Å². The molecule has 0 aliphatic heterocycles. The van der Waals surface area contributed by atoms with Gasteiger partial charge in [-0.05, 0) is 31.0 Å². The third kappa shape index (κ3) is 3.95. The minimum Gasteiger partial charge on any atom is -0.504 e. The van der Waals surface area contributed by atoms with Crippen LogP contribution < -0.4 is 0 Å². The second kappa shape index (κ2) is 6.73. The lowest BCUT2D eigenvalue weighted by Crippen LogP contribution is -2.09. The van der Waals surface area contributed by atoms with E-state index in [1.165, 1.54) is 27.4 Å². The van der Waals surface area contributed by atoms with E-state index >= 15 is 0 Å². The number of aryl methyl sites for hydroxylation is 1. The number of rotatable bonds is 5. The summed E-state index contributed by atoms with van der Waals surface area (Å²) in [6, 6.07) is 5.44. The van der Waals surface area contributed by atoms with Crippen molar-refractivity contribution in [1.29, 1.82) is 0 Å². The Kier molecular flexibility index (Phi) is 5.30. The van der Waals surface area contributed by atoms with Crippen LogP contribution >= 0.6 is 0 Å². The van der Waals surface area contributed by atoms with Crippen LogP contribution in [0.4, 0.5) is 0 Å². The molecule has 1 aromatic carbocycles. The third-order valence-corrected chi connectivity index (χ3v) is 2.84. The van der Waals surface area contributed by atoms with Crippen molar-refractivity contribution in [3.05, 3.63) is 46.7 Å². The molecule has 0 heterocycles. The van der Waals surface area contributed by atoms with Gasteiger partial charge in [-0.25, -0.2) is 4.79 Å². The molecule has 0 N–H and O–H groups in total. The van der Waals surface area contributed by atoms with E-state index in [-0.39, 0.29) is 5.78 Å². The summed E-state index contributed by atoms with van der Waals surface area (Å²) in [5.74, 6) is -0.439. The fourth-order valence-corrected chi connectivity index (χ4v) is 1.72. The van der Waals surface area contributed by atoms with Crippen molar-refractivity contribution in [3.63, 3.8) is 0 Å². The Morgan fingerprint density at radius 3 is 2.47 bits per heavy atom. The summed E-state index contributed by atoms with van der Waals surface area (Å²) < 4.78 is 9.59. The van der Waals surface area contributed by atoms with Crippen LogP contribution in [-0.4, -0.2) is 26.0 Å². The van der Waals surface area contributed by atoms with Gasteiger partial charge in [0.25, 0.3) is 0 Å². The number of ketones is 1. The molecule has 0 fully saturated rings. The van der Waals surface area contributed by atoms with Gasteiger partial charge in [0.05, 0.1) is 26.1 Å². The molecule has 4 nitrogen and oxygen atoms in total. The molecule has 1 aromatic rings. The van der Waals surface area contributed by atoms with Crippen LogP contribution in [0.15, 0.2) is 30.0 Å². The van der Waals surface area contributed by atoms with Crippen molar-refractivity contribution >= 4 is 11.8 Å². The first kappa shape index (κ1) is 15.0.